The maximum atomic E-state index is 13.3. The molecule has 0 aliphatic carbocycles. The van der Waals surface area contributed by atoms with Gasteiger partial charge in [-0.3, -0.25) is 9.48 Å². The van der Waals surface area contributed by atoms with Crippen LogP contribution in [0, 0.1) is 12.7 Å². The number of halogens is 1. The van der Waals surface area contributed by atoms with Crippen molar-refractivity contribution in [3.8, 4) is 0 Å². The molecule has 2 aromatic heterocycles. The minimum Gasteiger partial charge on any atom is -0.382 e. The monoisotopic (exact) mass is 353 g/mol. The molecule has 4 rings (SSSR count). The predicted octanol–water partition coefficient (Wildman–Crippen LogP) is 2.55. The molecule has 1 aromatic carbocycles. The highest BCUT2D eigenvalue weighted by Gasteiger charge is 2.29. The van der Waals surface area contributed by atoms with Crippen molar-refractivity contribution in [1.29, 1.82) is 0 Å². The second kappa shape index (κ2) is 6.21. The lowest BCUT2D eigenvalue weighted by atomic mass is 10.0. The van der Waals surface area contributed by atoms with Crippen LogP contribution in [0.15, 0.2) is 41.7 Å². The highest BCUT2D eigenvalue weighted by Crippen LogP contribution is 2.22. The van der Waals surface area contributed by atoms with Gasteiger partial charge in [0, 0.05) is 24.4 Å². The third-order valence-electron chi connectivity index (χ3n) is 4.25. The molecule has 3 heterocycles. The van der Waals surface area contributed by atoms with E-state index in [-0.39, 0.29) is 18.1 Å². The second-order valence-corrected chi connectivity index (χ2v) is 6.14. The van der Waals surface area contributed by atoms with Crippen LogP contribution in [0.4, 0.5) is 10.1 Å². The first-order chi connectivity index (χ1) is 12.5. The highest BCUT2D eigenvalue weighted by molar-refractivity contribution is 6.06. The van der Waals surface area contributed by atoms with Crippen LogP contribution in [0.5, 0.6) is 0 Å². The van der Waals surface area contributed by atoms with Crippen LogP contribution in [-0.4, -0.2) is 32.5 Å². The molecule has 0 saturated heterocycles. The number of hydrogen-bond acceptors (Lipinski definition) is 5. The van der Waals surface area contributed by atoms with Crippen molar-refractivity contribution < 1.29 is 14.0 Å². The second-order valence-electron chi connectivity index (χ2n) is 6.14. The number of pyridine rings is 1. The fraction of sp³-hybridized carbons (Fsp3) is 0.222. The number of aryl methyl sites for hydroxylation is 2. The van der Waals surface area contributed by atoms with E-state index in [0.29, 0.717) is 17.0 Å². The van der Waals surface area contributed by atoms with Gasteiger partial charge in [0.25, 0.3) is 5.91 Å². The summed E-state index contributed by atoms with van der Waals surface area (Å²) in [6.07, 6.45) is 1.08. The van der Waals surface area contributed by atoms with Gasteiger partial charge in [0.1, 0.15) is 5.82 Å². The van der Waals surface area contributed by atoms with Crippen molar-refractivity contribution in [3.63, 3.8) is 0 Å². The smallest absolute Gasteiger partial charge is 0.268 e. The molecule has 0 bridgehead atoms. The minimum atomic E-state index is -0.765. The Morgan fingerprint density at radius 1 is 1.38 bits per heavy atom. The van der Waals surface area contributed by atoms with Gasteiger partial charge in [0.05, 0.1) is 23.3 Å². The standard InChI is InChI=1S/C18H16FN5O2/c1-10-14-7-13(9-20-17(14)24(2)22-10)21-18(25)16-8-15(23-26-16)11-4-3-5-12(19)6-11/h3-7,9,16H,8H2,1-2H3,(H,21,25)/t16-/m1/s1. The largest absolute Gasteiger partial charge is 0.382 e. The number of anilines is 1. The summed E-state index contributed by atoms with van der Waals surface area (Å²) in [5.74, 6) is -0.688. The SMILES string of the molecule is Cc1nn(C)c2ncc(NC(=O)[C@H]3CC(c4cccc(F)c4)=NO3)cc12. The van der Waals surface area contributed by atoms with Gasteiger partial charge >= 0.3 is 0 Å². The number of oxime groups is 1. The van der Waals surface area contributed by atoms with Crippen molar-refractivity contribution >= 4 is 28.3 Å². The summed E-state index contributed by atoms with van der Waals surface area (Å²) in [5.41, 5.74) is 3.28. The number of hydrogen-bond donors (Lipinski definition) is 1. The average molecular weight is 353 g/mol. The van der Waals surface area contributed by atoms with Crippen LogP contribution in [0.2, 0.25) is 0 Å². The number of benzene rings is 1. The Bertz CT molecular complexity index is 1040. The quantitative estimate of drug-likeness (QED) is 0.785. The van der Waals surface area contributed by atoms with E-state index >= 15 is 0 Å². The van der Waals surface area contributed by atoms with Crippen molar-refractivity contribution in [2.45, 2.75) is 19.4 Å². The lowest BCUT2D eigenvalue weighted by molar-refractivity contribution is -0.125. The van der Waals surface area contributed by atoms with Crippen LogP contribution in [0.25, 0.3) is 11.0 Å². The molecule has 1 aliphatic rings. The lowest BCUT2D eigenvalue weighted by Gasteiger charge is -2.09. The molecule has 0 radical (unpaired) electrons. The zero-order valence-corrected chi connectivity index (χ0v) is 14.2. The van der Waals surface area contributed by atoms with Crippen LogP contribution in [0.1, 0.15) is 17.7 Å². The van der Waals surface area contributed by atoms with Gasteiger partial charge in [-0.25, -0.2) is 9.37 Å². The molecule has 26 heavy (non-hydrogen) atoms. The van der Waals surface area contributed by atoms with Crippen molar-refractivity contribution in [2.75, 3.05) is 5.32 Å². The van der Waals surface area contributed by atoms with Crippen LogP contribution in [0.3, 0.4) is 0 Å². The van der Waals surface area contributed by atoms with E-state index in [9.17, 15) is 9.18 Å². The van der Waals surface area contributed by atoms with E-state index in [1.165, 1.54) is 12.1 Å². The van der Waals surface area contributed by atoms with Crippen LogP contribution < -0.4 is 5.32 Å². The Balaban J connectivity index is 1.47. The topological polar surface area (TPSA) is 81.4 Å². The number of amides is 1. The van der Waals surface area contributed by atoms with Crippen molar-refractivity contribution in [2.24, 2.45) is 12.2 Å². The number of aromatic nitrogens is 3. The Morgan fingerprint density at radius 2 is 2.23 bits per heavy atom. The Hall–Kier alpha value is -3.29. The first kappa shape index (κ1) is 16.2. The summed E-state index contributed by atoms with van der Waals surface area (Å²) >= 11 is 0. The molecule has 132 valence electrons. The molecular weight excluding hydrogens is 337 g/mol. The fourth-order valence-corrected chi connectivity index (χ4v) is 2.96. The molecule has 1 amide bonds. The summed E-state index contributed by atoms with van der Waals surface area (Å²) in [6, 6.07) is 7.87. The molecule has 1 aliphatic heterocycles. The minimum absolute atomic E-state index is 0.275. The fourth-order valence-electron chi connectivity index (χ4n) is 2.96. The molecule has 3 aromatic rings. The van der Waals surface area contributed by atoms with Gasteiger partial charge in [-0.05, 0) is 25.1 Å². The molecule has 0 fully saturated rings. The van der Waals surface area contributed by atoms with Gasteiger partial charge in [0.2, 0.25) is 6.10 Å². The average Bonchev–Trinajstić information content (AvgIpc) is 3.21. The maximum Gasteiger partial charge on any atom is 0.268 e. The molecule has 0 saturated carbocycles. The normalized spacial score (nSPS) is 16.4. The third-order valence-corrected chi connectivity index (χ3v) is 4.25. The van der Waals surface area contributed by atoms with E-state index < -0.39 is 6.10 Å². The summed E-state index contributed by atoms with van der Waals surface area (Å²) in [6.45, 7) is 1.88. The zero-order chi connectivity index (χ0) is 18.3. The van der Waals surface area contributed by atoms with Crippen LogP contribution in [-0.2, 0) is 16.7 Å². The highest BCUT2D eigenvalue weighted by atomic mass is 19.1. The van der Waals surface area contributed by atoms with E-state index in [2.05, 4.69) is 20.6 Å². The number of nitrogens with one attached hydrogen (secondary N) is 1. The van der Waals surface area contributed by atoms with Gasteiger partial charge in [0.15, 0.2) is 5.65 Å². The molecule has 0 spiro atoms. The molecule has 1 N–H and O–H groups in total. The van der Waals surface area contributed by atoms with Gasteiger partial charge in [-0.2, -0.15) is 5.10 Å². The summed E-state index contributed by atoms with van der Waals surface area (Å²) in [5, 5.41) is 11.9. The van der Waals surface area contributed by atoms with Crippen molar-refractivity contribution in [3.05, 3.63) is 53.6 Å². The predicted molar refractivity (Wildman–Crippen MR) is 94.3 cm³/mol. The Kier molecular flexibility index (Phi) is 3.87. The van der Waals surface area contributed by atoms with E-state index in [1.54, 1.807) is 23.0 Å². The zero-order valence-electron chi connectivity index (χ0n) is 14.2. The summed E-state index contributed by atoms with van der Waals surface area (Å²) < 4.78 is 15.0. The number of carbonyl (C=O) groups excluding carboxylic acids is 1. The first-order valence-corrected chi connectivity index (χ1v) is 8.10. The van der Waals surface area contributed by atoms with Crippen LogP contribution >= 0.6 is 0 Å². The van der Waals surface area contributed by atoms with Gasteiger partial charge < -0.3 is 10.2 Å². The van der Waals surface area contributed by atoms with Gasteiger partial charge in [-0.1, -0.05) is 17.3 Å². The molecule has 0 unspecified atom stereocenters. The molecule has 7 nitrogen and oxygen atoms in total. The van der Waals surface area contributed by atoms with Gasteiger partial charge in [-0.15, -0.1) is 0 Å². The molecular formula is C18H16FN5O2. The summed E-state index contributed by atoms with van der Waals surface area (Å²) in [4.78, 5) is 22.0. The number of nitrogens with zero attached hydrogens (tertiary/aromatic N) is 4. The van der Waals surface area contributed by atoms with E-state index in [1.807, 2.05) is 20.0 Å². The summed E-state index contributed by atoms with van der Waals surface area (Å²) in [7, 11) is 1.82. The number of carbonyl (C=O) groups is 1. The third kappa shape index (κ3) is 2.90. The first-order valence-electron chi connectivity index (χ1n) is 8.10. The Labute approximate surface area is 148 Å². The maximum absolute atomic E-state index is 13.3. The number of fused-ring (bicyclic) bond motifs is 1. The number of rotatable bonds is 3. The Morgan fingerprint density at radius 3 is 3.04 bits per heavy atom. The lowest BCUT2D eigenvalue weighted by Crippen LogP contribution is -2.28. The van der Waals surface area contributed by atoms with E-state index in [4.69, 9.17) is 4.84 Å². The van der Waals surface area contributed by atoms with E-state index in [0.717, 1.165) is 16.7 Å². The van der Waals surface area contributed by atoms with Crippen molar-refractivity contribution in [1.82, 2.24) is 14.8 Å². The molecule has 1 atom stereocenters. The molecule has 8 heteroatoms.